The fourth-order valence-electron chi connectivity index (χ4n) is 4.72. The molecule has 4 heteroatoms. The van der Waals surface area contributed by atoms with Gasteiger partial charge in [-0.1, -0.05) is 74.4 Å². The molecule has 0 bridgehead atoms. The Morgan fingerprint density at radius 2 is 1.50 bits per heavy atom. The Morgan fingerprint density at radius 3 is 2.17 bits per heavy atom. The van der Waals surface area contributed by atoms with E-state index >= 15 is 0 Å². The Morgan fingerprint density at radius 1 is 0.833 bits per heavy atom. The van der Waals surface area contributed by atoms with Gasteiger partial charge in [-0.15, -0.1) is 0 Å². The molecule has 2 atom stereocenters. The molecule has 1 aliphatic rings. The lowest BCUT2D eigenvalue weighted by Gasteiger charge is -2.33. The lowest BCUT2D eigenvalue weighted by atomic mass is 9.75. The second kappa shape index (κ2) is 11.0. The average Bonchev–Trinajstić information content (AvgIpc) is 2.76. The first kappa shape index (κ1) is 22.9. The van der Waals surface area contributed by atoms with Crippen LogP contribution in [-0.4, -0.2) is 30.7 Å². The van der Waals surface area contributed by atoms with E-state index in [0.29, 0.717) is 12.8 Å². The molecule has 1 saturated carbocycles. The summed E-state index contributed by atoms with van der Waals surface area (Å²) in [6.45, 7) is 5.33. The van der Waals surface area contributed by atoms with Gasteiger partial charge in [0.1, 0.15) is 0 Å². The second-order valence-electron chi connectivity index (χ2n) is 8.55. The lowest BCUT2D eigenvalue weighted by molar-refractivity contribution is -0.187. The zero-order valence-electron chi connectivity index (χ0n) is 18.0. The van der Waals surface area contributed by atoms with Crippen LogP contribution >= 0.6 is 0 Å². The van der Waals surface area contributed by atoms with Gasteiger partial charge < -0.3 is 4.90 Å². The third-order valence-corrected chi connectivity index (χ3v) is 6.54. The number of halogens is 3. The largest absolute Gasteiger partial charge is 0.392 e. The first-order valence-electron chi connectivity index (χ1n) is 11.4. The van der Waals surface area contributed by atoms with E-state index in [1.807, 2.05) is 30.3 Å². The minimum Gasteiger partial charge on any atom is -0.303 e. The van der Waals surface area contributed by atoms with Crippen LogP contribution in [0.2, 0.25) is 0 Å². The Balaban J connectivity index is 1.48. The Bertz CT molecular complexity index is 739. The molecule has 3 rings (SSSR count). The van der Waals surface area contributed by atoms with Crippen molar-refractivity contribution in [3.05, 3.63) is 71.3 Å². The molecular formula is C26H34F3N. The summed E-state index contributed by atoms with van der Waals surface area (Å²) >= 11 is 0. The van der Waals surface area contributed by atoms with Crippen molar-refractivity contribution in [2.75, 3.05) is 19.6 Å². The smallest absolute Gasteiger partial charge is 0.303 e. The van der Waals surface area contributed by atoms with Crippen LogP contribution in [0.1, 0.15) is 61.6 Å². The van der Waals surface area contributed by atoms with E-state index in [9.17, 15) is 13.2 Å². The molecule has 2 aromatic rings. The van der Waals surface area contributed by atoms with Crippen molar-refractivity contribution in [2.24, 2.45) is 5.92 Å². The first-order valence-corrected chi connectivity index (χ1v) is 11.4. The molecule has 2 unspecified atom stereocenters. The van der Waals surface area contributed by atoms with Crippen LogP contribution in [0.25, 0.3) is 0 Å². The zero-order valence-corrected chi connectivity index (χ0v) is 18.0. The molecule has 164 valence electrons. The van der Waals surface area contributed by atoms with E-state index in [-0.39, 0.29) is 12.3 Å². The van der Waals surface area contributed by atoms with Gasteiger partial charge in [-0.3, -0.25) is 0 Å². The summed E-state index contributed by atoms with van der Waals surface area (Å²) in [6.07, 6.45) is 1.51. The molecule has 0 aromatic heterocycles. The standard InChI is InChI=1S/C26H34F3N/c1-2-30(20-18-21-9-4-3-5-10-21)19-8-11-22-14-16-23(17-15-22)24-12-6-7-13-25(24)26(27,28)29/h3-5,9-10,14-17,24-25H,2,6-8,11-13,18-20H2,1H3. The highest BCUT2D eigenvalue weighted by atomic mass is 19.4. The minimum atomic E-state index is -4.09. The summed E-state index contributed by atoms with van der Waals surface area (Å²) in [7, 11) is 0. The number of rotatable bonds is 9. The van der Waals surface area contributed by atoms with Crippen LogP contribution in [0.15, 0.2) is 54.6 Å². The van der Waals surface area contributed by atoms with Crippen LogP contribution in [0.3, 0.4) is 0 Å². The topological polar surface area (TPSA) is 3.24 Å². The molecule has 0 heterocycles. The summed E-state index contributed by atoms with van der Waals surface area (Å²) in [5.74, 6) is -1.55. The molecule has 2 aromatic carbocycles. The molecule has 0 saturated heterocycles. The van der Waals surface area contributed by atoms with Gasteiger partial charge in [0.25, 0.3) is 0 Å². The van der Waals surface area contributed by atoms with Crippen molar-refractivity contribution in [3.8, 4) is 0 Å². The summed E-state index contributed by atoms with van der Waals surface area (Å²) in [6, 6.07) is 18.5. The molecule has 1 fully saturated rings. The summed E-state index contributed by atoms with van der Waals surface area (Å²) in [4.78, 5) is 2.47. The van der Waals surface area contributed by atoms with E-state index in [2.05, 4.69) is 36.1 Å². The third-order valence-electron chi connectivity index (χ3n) is 6.54. The van der Waals surface area contributed by atoms with Crippen LogP contribution in [0.4, 0.5) is 13.2 Å². The Kier molecular flexibility index (Phi) is 8.38. The highest BCUT2D eigenvalue weighted by Crippen LogP contribution is 2.46. The second-order valence-corrected chi connectivity index (χ2v) is 8.55. The van der Waals surface area contributed by atoms with Gasteiger partial charge in [0.2, 0.25) is 0 Å². The van der Waals surface area contributed by atoms with Crippen molar-refractivity contribution in [1.82, 2.24) is 4.90 Å². The van der Waals surface area contributed by atoms with Crippen LogP contribution < -0.4 is 0 Å². The van der Waals surface area contributed by atoms with Crippen molar-refractivity contribution in [1.29, 1.82) is 0 Å². The predicted octanol–water partition coefficient (Wildman–Crippen LogP) is 7.02. The summed E-state index contributed by atoms with van der Waals surface area (Å²) in [5, 5.41) is 0. The van der Waals surface area contributed by atoms with Gasteiger partial charge >= 0.3 is 6.18 Å². The maximum absolute atomic E-state index is 13.4. The van der Waals surface area contributed by atoms with E-state index in [0.717, 1.165) is 50.9 Å². The van der Waals surface area contributed by atoms with Gasteiger partial charge in [0.05, 0.1) is 5.92 Å². The number of benzene rings is 2. The van der Waals surface area contributed by atoms with Gasteiger partial charge in [-0.25, -0.2) is 0 Å². The summed E-state index contributed by atoms with van der Waals surface area (Å²) in [5.41, 5.74) is 3.45. The molecule has 0 spiro atoms. The number of nitrogens with zero attached hydrogens (tertiary/aromatic N) is 1. The van der Waals surface area contributed by atoms with Crippen LogP contribution in [0.5, 0.6) is 0 Å². The van der Waals surface area contributed by atoms with Gasteiger partial charge in [0, 0.05) is 6.54 Å². The molecule has 0 aliphatic heterocycles. The van der Waals surface area contributed by atoms with Gasteiger partial charge in [0.15, 0.2) is 0 Å². The molecule has 1 aliphatic carbocycles. The lowest BCUT2D eigenvalue weighted by Crippen LogP contribution is -2.31. The van der Waals surface area contributed by atoms with Crippen LogP contribution in [0, 0.1) is 5.92 Å². The fourth-order valence-corrected chi connectivity index (χ4v) is 4.72. The molecule has 0 N–H and O–H groups in total. The van der Waals surface area contributed by atoms with E-state index in [1.54, 1.807) is 0 Å². The maximum Gasteiger partial charge on any atom is 0.392 e. The zero-order chi connectivity index (χ0) is 21.4. The minimum absolute atomic E-state index is 0.270. The van der Waals surface area contributed by atoms with Crippen molar-refractivity contribution in [2.45, 2.75) is 64.0 Å². The molecular weight excluding hydrogens is 383 g/mol. The highest BCUT2D eigenvalue weighted by Gasteiger charge is 2.45. The summed E-state index contributed by atoms with van der Waals surface area (Å²) < 4.78 is 40.2. The number of alkyl halides is 3. The van der Waals surface area contributed by atoms with Gasteiger partial charge in [-0.05, 0) is 67.8 Å². The van der Waals surface area contributed by atoms with Crippen molar-refractivity contribution >= 4 is 0 Å². The van der Waals surface area contributed by atoms with E-state index in [1.165, 1.54) is 11.1 Å². The van der Waals surface area contributed by atoms with E-state index in [4.69, 9.17) is 0 Å². The van der Waals surface area contributed by atoms with Gasteiger partial charge in [-0.2, -0.15) is 13.2 Å². The predicted molar refractivity (Wildman–Crippen MR) is 118 cm³/mol. The quantitative estimate of drug-likeness (QED) is 0.424. The number of aryl methyl sites for hydroxylation is 1. The highest BCUT2D eigenvalue weighted by molar-refractivity contribution is 5.27. The normalized spacial score (nSPS) is 19.9. The van der Waals surface area contributed by atoms with Crippen LogP contribution in [-0.2, 0) is 12.8 Å². The SMILES string of the molecule is CCN(CCCc1ccc(C2CCCCC2C(F)(F)F)cc1)CCc1ccccc1. The molecule has 0 amide bonds. The third kappa shape index (κ3) is 6.60. The molecule has 30 heavy (non-hydrogen) atoms. The fraction of sp³-hybridized carbons (Fsp3) is 0.538. The Labute approximate surface area is 179 Å². The number of likely N-dealkylation sites (N-methyl/N-ethyl adjacent to an activating group) is 1. The maximum atomic E-state index is 13.4. The van der Waals surface area contributed by atoms with Crippen molar-refractivity contribution in [3.63, 3.8) is 0 Å². The average molecular weight is 418 g/mol. The number of hydrogen-bond acceptors (Lipinski definition) is 1. The first-order chi connectivity index (χ1) is 14.5. The van der Waals surface area contributed by atoms with Crippen molar-refractivity contribution < 1.29 is 13.2 Å². The van der Waals surface area contributed by atoms with E-state index < -0.39 is 12.1 Å². The number of hydrogen-bond donors (Lipinski definition) is 0. The molecule has 1 nitrogen and oxygen atoms in total. The molecule has 0 radical (unpaired) electrons. The monoisotopic (exact) mass is 417 g/mol. The Hall–Kier alpha value is -1.81.